The number of amides is 2. The second-order valence-electron chi connectivity index (χ2n) is 7.08. The largest absolute Gasteiger partial charge is 0.495 e. The van der Waals surface area contributed by atoms with Crippen molar-refractivity contribution in [3.05, 3.63) is 41.6 Å². The molecule has 148 valence electrons. The fourth-order valence-corrected chi connectivity index (χ4v) is 3.93. The molecular formula is C21H26N4O3. The second-order valence-corrected chi connectivity index (χ2v) is 7.08. The average molecular weight is 382 g/mol. The first-order valence-electron chi connectivity index (χ1n) is 9.70. The minimum Gasteiger partial charge on any atom is -0.495 e. The van der Waals surface area contributed by atoms with Crippen LogP contribution >= 0.6 is 0 Å². The van der Waals surface area contributed by atoms with Crippen molar-refractivity contribution >= 4 is 17.4 Å². The van der Waals surface area contributed by atoms with Crippen molar-refractivity contribution in [2.24, 2.45) is 0 Å². The number of carbonyl (C=O) groups excluding carboxylic acids is 1. The summed E-state index contributed by atoms with van der Waals surface area (Å²) in [5.41, 5.74) is 4.01. The Morgan fingerprint density at radius 3 is 2.61 bits per heavy atom. The van der Waals surface area contributed by atoms with Gasteiger partial charge in [0.1, 0.15) is 11.4 Å². The smallest absolute Gasteiger partial charge is 0.322 e. The number of piperazine rings is 1. The van der Waals surface area contributed by atoms with Gasteiger partial charge in [-0.25, -0.2) is 9.78 Å². The Labute approximate surface area is 165 Å². The van der Waals surface area contributed by atoms with Crippen LogP contribution in [0.1, 0.15) is 17.7 Å². The van der Waals surface area contributed by atoms with E-state index in [1.54, 1.807) is 14.2 Å². The van der Waals surface area contributed by atoms with E-state index in [0.717, 1.165) is 49.5 Å². The number of benzene rings is 1. The van der Waals surface area contributed by atoms with Crippen molar-refractivity contribution in [3.63, 3.8) is 0 Å². The van der Waals surface area contributed by atoms with Crippen LogP contribution in [0, 0.1) is 0 Å². The van der Waals surface area contributed by atoms with Gasteiger partial charge in [0.05, 0.1) is 19.9 Å². The first-order valence-corrected chi connectivity index (χ1v) is 9.70. The van der Waals surface area contributed by atoms with E-state index in [1.165, 1.54) is 5.56 Å². The number of methoxy groups -OCH3 is 2. The molecule has 2 amide bonds. The van der Waals surface area contributed by atoms with Crippen molar-refractivity contribution in [1.82, 2.24) is 9.88 Å². The highest BCUT2D eigenvalue weighted by Gasteiger charge is 2.24. The number of rotatable bonds is 4. The maximum atomic E-state index is 12.8. The summed E-state index contributed by atoms with van der Waals surface area (Å²) in [4.78, 5) is 21.4. The van der Waals surface area contributed by atoms with Crippen LogP contribution in [0.5, 0.6) is 11.6 Å². The van der Waals surface area contributed by atoms with Crippen LogP contribution in [0.15, 0.2) is 30.3 Å². The summed E-state index contributed by atoms with van der Waals surface area (Å²) in [6.07, 6.45) is 3.09. The maximum Gasteiger partial charge on any atom is 0.322 e. The van der Waals surface area contributed by atoms with E-state index in [2.05, 4.69) is 21.3 Å². The van der Waals surface area contributed by atoms with Crippen molar-refractivity contribution in [3.8, 4) is 11.6 Å². The molecule has 0 atom stereocenters. The molecule has 0 unspecified atom stereocenters. The van der Waals surface area contributed by atoms with Gasteiger partial charge in [-0.15, -0.1) is 0 Å². The van der Waals surface area contributed by atoms with Crippen LogP contribution in [0.25, 0.3) is 0 Å². The number of ether oxygens (including phenoxy) is 2. The van der Waals surface area contributed by atoms with Crippen molar-refractivity contribution in [2.75, 3.05) is 50.6 Å². The van der Waals surface area contributed by atoms with Gasteiger partial charge < -0.3 is 24.6 Å². The Morgan fingerprint density at radius 2 is 1.86 bits per heavy atom. The highest BCUT2D eigenvalue weighted by atomic mass is 16.5. The molecule has 0 bridgehead atoms. The highest BCUT2D eigenvalue weighted by Crippen LogP contribution is 2.31. The fraction of sp³-hybridized carbons (Fsp3) is 0.429. The molecule has 7 heteroatoms. The van der Waals surface area contributed by atoms with Crippen molar-refractivity contribution in [1.29, 1.82) is 0 Å². The minimum atomic E-state index is -0.113. The van der Waals surface area contributed by atoms with Gasteiger partial charge in [-0.05, 0) is 43.0 Å². The maximum absolute atomic E-state index is 12.8. The lowest BCUT2D eigenvalue weighted by molar-refractivity contribution is 0.208. The summed E-state index contributed by atoms with van der Waals surface area (Å²) in [6.45, 7) is 2.80. The molecule has 1 aromatic heterocycles. The molecule has 0 saturated carbocycles. The van der Waals surface area contributed by atoms with Crippen molar-refractivity contribution < 1.29 is 14.3 Å². The quantitative estimate of drug-likeness (QED) is 0.881. The molecule has 2 aromatic rings. The van der Waals surface area contributed by atoms with Gasteiger partial charge in [-0.2, -0.15) is 0 Å². The number of aryl methyl sites for hydroxylation is 2. The predicted octanol–water partition coefficient (Wildman–Crippen LogP) is 2.94. The van der Waals surface area contributed by atoms with Crippen LogP contribution in [0.4, 0.5) is 16.2 Å². The molecular weight excluding hydrogens is 356 g/mol. The Hall–Kier alpha value is -2.96. The fourth-order valence-electron chi connectivity index (χ4n) is 3.93. The van der Waals surface area contributed by atoms with E-state index in [4.69, 9.17) is 9.47 Å². The van der Waals surface area contributed by atoms with Gasteiger partial charge in [0, 0.05) is 31.9 Å². The van der Waals surface area contributed by atoms with Gasteiger partial charge in [-0.1, -0.05) is 12.1 Å². The van der Waals surface area contributed by atoms with Gasteiger partial charge in [0.15, 0.2) is 0 Å². The topological polar surface area (TPSA) is 66.9 Å². The summed E-state index contributed by atoms with van der Waals surface area (Å²) in [5, 5.41) is 2.99. The first kappa shape index (κ1) is 18.4. The molecule has 1 N–H and O–H groups in total. The summed E-state index contributed by atoms with van der Waals surface area (Å²) in [6, 6.07) is 9.88. The van der Waals surface area contributed by atoms with Crippen LogP contribution in [-0.4, -0.2) is 56.3 Å². The number of pyridine rings is 1. The highest BCUT2D eigenvalue weighted by molar-refractivity contribution is 5.91. The lowest BCUT2D eigenvalue weighted by atomic mass is 10.2. The van der Waals surface area contributed by atoms with Gasteiger partial charge in [0.25, 0.3) is 0 Å². The molecule has 2 heterocycles. The third-order valence-electron chi connectivity index (χ3n) is 5.44. The molecule has 0 radical (unpaired) electrons. The van der Waals surface area contributed by atoms with Gasteiger partial charge in [0.2, 0.25) is 5.88 Å². The predicted molar refractivity (Wildman–Crippen MR) is 109 cm³/mol. The Kier molecular flexibility index (Phi) is 5.23. The van der Waals surface area contributed by atoms with E-state index in [9.17, 15) is 4.79 Å². The molecule has 1 aliphatic heterocycles. The number of para-hydroxylation sites is 2. The lowest BCUT2D eigenvalue weighted by Crippen LogP contribution is -2.50. The number of fused-ring (bicyclic) bond motifs is 1. The number of hydrogen-bond donors (Lipinski definition) is 1. The number of nitrogens with zero attached hydrogens (tertiary/aromatic N) is 3. The van der Waals surface area contributed by atoms with E-state index >= 15 is 0 Å². The molecule has 1 aromatic carbocycles. The zero-order valence-corrected chi connectivity index (χ0v) is 16.4. The summed E-state index contributed by atoms with van der Waals surface area (Å²) in [5.74, 6) is 1.34. The van der Waals surface area contributed by atoms with Gasteiger partial charge in [-0.3, -0.25) is 0 Å². The van der Waals surface area contributed by atoms with E-state index < -0.39 is 0 Å². The summed E-state index contributed by atoms with van der Waals surface area (Å²) in [7, 11) is 3.27. The average Bonchev–Trinajstić information content (AvgIpc) is 3.20. The normalized spacial score (nSPS) is 15.9. The van der Waals surface area contributed by atoms with Crippen LogP contribution in [0.3, 0.4) is 0 Å². The number of nitrogens with one attached hydrogen (secondary N) is 1. The molecule has 0 spiro atoms. The number of urea groups is 1. The minimum absolute atomic E-state index is 0.113. The zero-order chi connectivity index (χ0) is 19.5. The molecule has 2 aliphatic rings. The number of anilines is 2. The Morgan fingerprint density at radius 1 is 1.07 bits per heavy atom. The first-order chi connectivity index (χ1) is 13.7. The SMILES string of the molecule is COc1ccccc1N1CCN(C(=O)Nc2cc3c(nc2OC)CCC3)CC1. The number of aromatic nitrogens is 1. The zero-order valence-electron chi connectivity index (χ0n) is 16.4. The van der Waals surface area contributed by atoms with E-state index in [0.29, 0.717) is 24.7 Å². The lowest BCUT2D eigenvalue weighted by Gasteiger charge is -2.36. The van der Waals surface area contributed by atoms with Crippen LogP contribution in [-0.2, 0) is 12.8 Å². The Balaban J connectivity index is 1.41. The van der Waals surface area contributed by atoms with Crippen LogP contribution in [0.2, 0.25) is 0 Å². The third kappa shape index (κ3) is 3.56. The number of carbonyl (C=O) groups is 1. The summed E-state index contributed by atoms with van der Waals surface area (Å²) < 4.78 is 10.9. The van der Waals surface area contributed by atoms with Gasteiger partial charge >= 0.3 is 6.03 Å². The van der Waals surface area contributed by atoms with Crippen molar-refractivity contribution in [2.45, 2.75) is 19.3 Å². The van der Waals surface area contributed by atoms with E-state index in [1.807, 2.05) is 29.2 Å². The summed E-state index contributed by atoms with van der Waals surface area (Å²) >= 11 is 0. The molecule has 28 heavy (non-hydrogen) atoms. The molecule has 1 aliphatic carbocycles. The van der Waals surface area contributed by atoms with Crippen LogP contribution < -0.4 is 19.7 Å². The molecule has 7 nitrogen and oxygen atoms in total. The van der Waals surface area contributed by atoms with E-state index in [-0.39, 0.29) is 6.03 Å². The third-order valence-corrected chi connectivity index (χ3v) is 5.44. The molecule has 1 fully saturated rings. The number of hydrogen-bond acceptors (Lipinski definition) is 5. The standard InChI is InChI=1S/C21H26N4O3/c1-27-19-9-4-3-8-18(19)24-10-12-25(13-11-24)21(26)23-17-14-15-6-5-7-16(15)22-20(17)28-2/h3-4,8-9,14H,5-7,10-13H2,1-2H3,(H,23,26). The second kappa shape index (κ2) is 7.96. The molecule has 1 saturated heterocycles. The monoisotopic (exact) mass is 382 g/mol. The molecule has 4 rings (SSSR count). The Bertz CT molecular complexity index is 863.